The van der Waals surface area contributed by atoms with Crippen LogP contribution in [0, 0.1) is 0 Å². The molecular weight excluding hydrogens is 296 g/mol. The van der Waals surface area contributed by atoms with Gasteiger partial charge in [-0.25, -0.2) is 0 Å². The molecule has 0 fully saturated rings. The van der Waals surface area contributed by atoms with Gasteiger partial charge in [0.2, 0.25) is 5.24 Å². The van der Waals surface area contributed by atoms with Crippen LogP contribution in [-0.2, 0) is 11.2 Å². The van der Waals surface area contributed by atoms with E-state index in [2.05, 4.69) is 0 Å². The molecule has 1 aliphatic rings. The molecule has 0 bridgehead atoms. The molecule has 0 amide bonds. The molecule has 1 unspecified atom stereocenters. The first-order valence-corrected chi connectivity index (χ1v) is 7.61. The molecule has 0 N–H and O–H groups in total. The van der Waals surface area contributed by atoms with Gasteiger partial charge in [0.1, 0.15) is 13.2 Å². The van der Waals surface area contributed by atoms with E-state index in [1.165, 1.54) is 0 Å². The first kappa shape index (κ1) is 13.5. The lowest BCUT2D eigenvalue weighted by molar-refractivity contribution is -0.112. The van der Waals surface area contributed by atoms with Gasteiger partial charge >= 0.3 is 0 Å². The first-order chi connectivity index (χ1) is 9.74. The highest BCUT2D eigenvalue weighted by Crippen LogP contribution is 2.33. The lowest BCUT2D eigenvalue weighted by Crippen LogP contribution is -2.16. The number of ether oxygens (including phenoxy) is 2. The monoisotopic (exact) mass is 308 g/mol. The Labute approximate surface area is 126 Å². The molecule has 1 atom stereocenters. The summed E-state index contributed by atoms with van der Waals surface area (Å²) in [6, 6.07) is 9.63. The summed E-state index contributed by atoms with van der Waals surface area (Å²) in [5, 5.41) is 1.62. The van der Waals surface area contributed by atoms with E-state index in [-0.39, 0.29) is 11.2 Å². The van der Waals surface area contributed by atoms with Crippen molar-refractivity contribution in [1.29, 1.82) is 0 Å². The third kappa shape index (κ3) is 2.81. The molecule has 1 aromatic heterocycles. The van der Waals surface area contributed by atoms with Crippen molar-refractivity contribution in [3.05, 3.63) is 46.2 Å². The highest BCUT2D eigenvalue weighted by molar-refractivity contribution is 7.10. The molecule has 3 rings (SSSR count). The number of hydrogen-bond acceptors (Lipinski definition) is 4. The molecule has 2 heterocycles. The fourth-order valence-corrected chi connectivity index (χ4v) is 3.32. The third-order valence-corrected chi connectivity index (χ3v) is 4.46. The molecule has 1 aliphatic heterocycles. The van der Waals surface area contributed by atoms with Crippen LogP contribution in [0.5, 0.6) is 11.5 Å². The molecule has 0 spiro atoms. The van der Waals surface area contributed by atoms with Crippen LogP contribution >= 0.6 is 22.9 Å². The standard InChI is InChI=1S/C15H13ClO3S/c16-15(17)11(14-2-1-7-20-14)8-10-3-4-12-13(9-10)19-6-5-18-12/h1-4,7,9,11H,5-6,8H2. The van der Waals surface area contributed by atoms with Crippen LogP contribution in [0.4, 0.5) is 0 Å². The van der Waals surface area contributed by atoms with Gasteiger partial charge in [-0.05, 0) is 47.2 Å². The number of rotatable bonds is 4. The number of hydrogen-bond donors (Lipinski definition) is 0. The maximum absolute atomic E-state index is 11.7. The van der Waals surface area contributed by atoms with Crippen LogP contribution in [0.15, 0.2) is 35.7 Å². The summed E-state index contributed by atoms with van der Waals surface area (Å²) in [5.74, 6) is 1.19. The molecule has 0 saturated carbocycles. The zero-order valence-electron chi connectivity index (χ0n) is 10.7. The van der Waals surface area contributed by atoms with E-state index in [4.69, 9.17) is 21.1 Å². The van der Waals surface area contributed by atoms with Gasteiger partial charge in [-0.2, -0.15) is 0 Å². The highest BCUT2D eigenvalue weighted by atomic mass is 35.5. The minimum Gasteiger partial charge on any atom is -0.486 e. The summed E-state index contributed by atoms with van der Waals surface area (Å²) >= 11 is 7.29. The zero-order valence-corrected chi connectivity index (χ0v) is 12.2. The molecule has 1 aromatic carbocycles. The predicted octanol–water partition coefficient (Wildman–Crippen LogP) is 3.61. The van der Waals surface area contributed by atoms with Crippen LogP contribution < -0.4 is 9.47 Å². The van der Waals surface area contributed by atoms with Gasteiger partial charge < -0.3 is 9.47 Å². The summed E-state index contributed by atoms with van der Waals surface area (Å²) in [7, 11) is 0. The molecular formula is C15H13ClO3S. The Morgan fingerprint density at radius 2 is 2.05 bits per heavy atom. The van der Waals surface area contributed by atoms with E-state index in [9.17, 15) is 4.79 Å². The van der Waals surface area contributed by atoms with Crippen molar-refractivity contribution in [3.8, 4) is 11.5 Å². The van der Waals surface area contributed by atoms with Crippen LogP contribution in [0.25, 0.3) is 0 Å². The molecule has 0 aliphatic carbocycles. The third-order valence-electron chi connectivity index (χ3n) is 3.21. The second-order valence-electron chi connectivity index (χ2n) is 4.55. The fraction of sp³-hybridized carbons (Fsp3) is 0.267. The van der Waals surface area contributed by atoms with Gasteiger partial charge in [0.25, 0.3) is 0 Å². The van der Waals surface area contributed by atoms with Crippen LogP contribution in [-0.4, -0.2) is 18.5 Å². The van der Waals surface area contributed by atoms with E-state index in [1.807, 2.05) is 35.7 Å². The predicted molar refractivity (Wildman–Crippen MR) is 79.1 cm³/mol. The van der Waals surface area contributed by atoms with Crippen molar-refractivity contribution in [2.75, 3.05) is 13.2 Å². The van der Waals surface area contributed by atoms with Gasteiger partial charge in [-0.15, -0.1) is 11.3 Å². The van der Waals surface area contributed by atoms with Crippen LogP contribution in [0.3, 0.4) is 0 Å². The highest BCUT2D eigenvalue weighted by Gasteiger charge is 2.21. The van der Waals surface area contributed by atoms with Gasteiger partial charge in [-0.1, -0.05) is 12.1 Å². The minimum atomic E-state index is -0.331. The smallest absolute Gasteiger partial charge is 0.230 e. The van der Waals surface area contributed by atoms with Gasteiger partial charge in [0.05, 0.1) is 5.92 Å². The molecule has 2 aromatic rings. The Morgan fingerprint density at radius 3 is 2.75 bits per heavy atom. The average Bonchev–Trinajstić information content (AvgIpc) is 2.98. The van der Waals surface area contributed by atoms with Gasteiger partial charge in [0, 0.05) is 4.88 Å². The van der Waals surface area contributed by atoms with E-state index in [0.717, 1.165) is 21.9 Å². The Balaban J connectivity index is 1.84. The number of halogens is 1. The summed E-state index contributed by atoms with van der Waals surface area (Å²) in [5.41, 5.74) is 1.02. The van der Waals surface area contributed by atoms with Gasteiger partial charge in [0.15, 0.2) is 11.5 Å². The summed E-state index contributed by atoms with van der Waals surface area (Å²) in [6.45, 7) is 1.13. The average molecular weight is 309 g/mol. The van der Waals surface area contributed by atoms with Crippen LogP contribution in [0.1, 0.15) is 16.4 Å². The molecule has 0 saturated heterocycles. The second-order valence-corrected chi connectivity index (χ2v) is 5.91. The Kier molecular flexibility index (Phi) is 3.94. The van der Waals surface area contributed by atoms with Crippen molar-refractivity contribution >= 4 is 28.2 Å². The van der Waals surface area contributed by atoms with E-state index < -0.39 is 0 Å². The molecule has 0 radical (unpaired) electrons. The Bertz CT molecular complexity index is 610. The van der Waals surface area contributed by atoms with Crippen molar-refractivity contribution in [2.24, 2.45) is 0 Å². The normalized spacial score (nSPS) is 14.8. The summed E-state index contributed by atoms with van der Waals surface area (Å²) in [6.07, 6.45) is 0.569. The minimum absolute atomic E-state index is 0.306. The van der Waals surface area contributed by atoms with E-state index in [0.29, 0.717) is 19.6 Å². The SMILES string of the molecule is O=C(Cl)C(Cc1ccc2c(c1)OCCO2)c1cccs1. The van der Waals surface area contributed by atoms with E-state index in [1.54, 1.807) is 11.3 Å². The van der Waals surface area contributed by atoms with Crippen molar-refractivity contribution in [2.45, 2.75) is 12.3 Å². The largest absolute Gasteiger partial charge is 0.486 e. The number of carbonyl (C=O) groups excluding carboxylic acids is 1. The molecule has 104 valence electrons. The lowest BCUT2D eigenvalue weighted by Gasteiger charge is -2.19. The van der Waals surface area contributed by atoms with Gasteiger partial charge in [-0.3, -0.25) is 4.79 Å². The van der Waals surface area contributed by atoms with Crippen molar-refractivity contribution in [1.82, 2.24) is 0 Å². The van der Waals surface area contributed by atoms with Crippen molar-refractivity contribution in [3.63, 3.8) is 0 Å². The summed E-state index contributed by atoms with van der Waals surface area (Å²) in [4.78, 5) is 12.6. The Morgan fingerprint density at radius 1 is 1.25 bits per heavy atom. The number of thiophene rings is 1. The maximum atomic E-state index is 11.7. The molecule has 5 heteroatoms. The molecule has 20 heavy (non-hydrogen) atoms. The number of carbonyl (C=O) groups is 1. The zero-order chi connectivity index (χ0) is 13.9. The fourth-order valence-electron chi connectivity index (χ4n) is 2.23. The topological polar surface area (TPSA) is 35.5 Å². The first-order valence-electron chi connectivity index (χ1n) is 6.35. The van der Waals surface area contributed by atoms with Crippen molar-refractivity contribution < 1.29 is 14.3 Å². The summed E-state index contributed by atoms with van der Waals surface area (Å²) < 4.78 is 11.0. The molecule has 3 nitrogen and oxygen atoms in total. The van der Waals surface area contributed by atoms with Crippen LogP contribution in [0.2, 0.25) is 0 Å². The quantitative estimate of drug-likeness (QED) is 0.809. The lowest BCUT2D eigenvalue weighted by atomic mass is 9.98. The maximum Gasteiger partial charge on any atom is 0.230 e. The second kappa shape index (κ2) is 5.85. The Hall–Kier alpha value is -1.52. The number of benzene rings is 1. The number of fused-ring (bicyclic) bond motifs is 1. The van der Waals surface area contributed by atoms with E-state index >= 15 is 0 Å².